The summed E-state index contributed by atoms with van der Waals surface area (Å²) in [4.78, 5) is 0. The van der Waals surface area contributed by atoms with E-state index in [0.29, 0.717) is 0 Å². The lowest BCUT2D eigenvalue weighted by Gasteiger charge is -2.30. The molecule has 0 spiro atoms. The van der Waals surface area contributed by atoms with Gasteiger partial charge < -0.3 is 8.98 Å². The summed E-state index contributed by atoms with van der Waals surface area (Å²) in [5, 5.41) is 1.24. The van der Waals surface area contributed by atoms with E-state index in [1.54, 1.807) is 6.26 Å². The Bertz CT molecular complexity index is 503. The molecule has 16 heavy (non-hydrogen) atoms. The molecule has 88 valence electrons. The van der Waals surface area contributed by atoms with Crippen LogP contribution in [-0.4, -0.2) is 4.57 Å². The van der Waals surface area contributed by atoms with Crippen molar-refractivity contribution in [3.05, 3.63) is 24.2 Å². The van der Waals surface area contributed by atoms with E-state index in [1.807, 2.05) is 0 Å². The van der Waals surface area contributed by atoms with Crippen molar-refractivity contribution in [2.45, 2.75) is 52.5 Å². The number of hydrogen-bond donors (Lipinski definition) is 0. The van der Waals surface area contributed by atoms with Crippen LogP contribution in [0.1, 0.15) is 47.2 Å². The van der Waals surface area contributed by atoms with E-state index in [-0.39, 0.29) is 11.0 Å². The summed E-state index contributed by atoms with van der Waals surface area (Å²) < 4.78 is 7.84. The van der Waals surface area contributed by atoms with Gasteiger partial charge in [-0.05, 0) is 26.8 Å². The highest BCUT2D eigenvalue weighted by atomic mass is 16.3. The zero-order chi connectivity index (χ0) is 12.1. The van der Waals surface area contributed by atoms with Crippen molar-refractivity contribution in [2.24, 2.45) is 0 Å². The Kier molecular flexibility index (Phi) is 2.23. The fourth-order valence-corrected chi connectivity index (χ4v) is 2.22. The van der Waals surface area contributed by atoms with Gasteiger partial charge in [0.15, 0.2) is 5.58 Å². The number of fused-ring (bicyclic) bond motifs is 1. The summed E-state index contributed by atoms with van der Waals surface area (Å²) in [6.45, 7) is 13.4. The Labute approximate surface area is 97.2 Å². The van der Waals surface area contributed by atoms with Crippen LogP contribution in [0.4, 0.5) is 0 Å². The van der Waals surface area contributed by atoms with Gasteiger partial charge in [-0.1, -0.05) is 20.8 Å². The average molecular weight is 219 g/mol. The third-order valence-corrected chi connectivity index (χ3v) is 2.87. The molecule has 0 fully saturated rings. The fourth-order valence-electron chi connectivity index (χ4n) is 2.22. The van der Waals surface area contributed by atoms with Crippen molar-refractivity contribution < 1.29 is 4.42 Å². The van der Waals surface area contributed by atoms with E-state index in [2.05, 4.69) is 58.4 Å². The normalized spacial score (nSPS) is 13.6. The van der Waals surface area contributed by atoms with E-state index >= 15 is 0 Å². The highest BCUT2D eigenvalue weighted by molar-refractivity contribution is 5.81. The van der Waals surface area contributed by atoms with Crippen LogP contribution in [0, 0.1) is 0 Å². The Hall–Kier alpha value is -1.18. The summed E-state index contributed by atoms with van der Waals surface area (Å²) in [7, 11) is 0. The highest BCUT2D eigenvalue weighted by Crippen LogP contribution is 2.35. The van der Waals surface area contributed by atoms with Crippen LogP contribution >= 0.6 is 0 Å². The Morgan fingerprint density at radius 3 is 2.19 bits per heavy atom. The van der Waals surface area contributed by atoms with Crippen molar-refractivity contribution in [1.29, 1.82) is 0 Å². The van der Waals surface area contributed by atoms with Crippen LogP contribution in [0.25, 0.3) is 11.0 Å². The molecular formula is C14H21NO. The molecule has 0 aromatic carbocycles. The number of nitrogens with zero attached hydrogens (tertiary/aromatic N) is 1. The smallest absolute Gasteiger partial charge is 0.151 e. The second kappa shape index (κ2) is 3.16. The molecule has 2 aromatic rings. The Morgan fingerprint density at radius 1 is 1.06 bits per heavy atom. The van der Waals surface area contributed by atoms with Gasteiger partial charge in [0.2, 0.25) is 0 Å². The molecule has 0 aliphatic rings. The van der Waals surface area contributed by atoms with Crippen molar-refractivity contribution in [3.8, 4) is 0 Å². The first kappa shape index (κ1) is 11.3. The summed E-state index contributed by atoms with van der Waals surface area (Å²) in [5.41, 5.74) is 2.55. The molecule has 2 nitrogen and oxygen atoms in total. The van der Waals surface area contributed by atoms with Crippen LogP contribution in [0.5, 0.6) is 0 Å². The van der Waals surface area contributed by atoms with Gasteiger partial charge in [-0.3, -0.25) is 0 Å². The van der Waals surface area contributed by atoms with Gasteiger partial charge >= 0.3 is 0 Å². The minimum absolute atomic E-state index is 0.0875. The van der Waals surface area contributed by atoms with Crippen molar-refractivity contribution in [3.63, 3.8) is 0 Å². The minimum Gasteiger partial charge on any atom is -0.463 e. The quantitative estimate of drug-likeness (QED) is 0.646. The van der Waals surface area contributed by atoms with Crippen LogP contribution in [-0.2, 0) is 11.0 Å². The second-order valence-electron chi connectivity index (χ2n) is 6.47. The van der Waals surface area contributed by atoms with Crippen LogP contribution in [0.15, 0.2) is 22.9 Å². The molecule has 2 rings (SSSR count). The lowest BCUT2D eigenvalue weighted by molar-refractivity contribution is 0.362. The first-order chi connectivity index (χ1) is 7.21. The van der Waals surface area contributed by atoms with Crippen molar-refractivity contribution in [2.75, 3.05) is 0 Å². The van der Waals surface area contributed by atoms with Crippen LogP contribution < -0.4 is 0 Å². The maximum Gasteiger partial charge on any atom is 0.151 e. The molecule has 0 bridgehead atoms. The van der Waals surface area contributed by atoms with E-state index in [9.17, 15) is 0 Å². The minimum atomic E-state index is 0.0875. The van der Waals surface area contributed by atoms with Gasteiger partial charge in [0, 0.05) is 28.2 Å². The van der Waals surface area contributed by atoms with Crippen molar-refractivity contribution >= 4 is 11.0 Å². The van der Waals surface area contributed by atoms with Gasteiger partial charge in [0.05, 0.1) is 6.26 Å². The third kappa shape index (κ3) is 1.66. The monoisotopic (exact) mass is 219 g/mol. The largest absolute Gasteiger partial charge is 0.463 e. The van der Waals surface area contributed by atoms with E-state index < -0.39 is 0 Å². The predicted octanol–water partition coefficient (Wildman–Crippen LogP) is 4.29. The number of furan rings is 1. The second-order valence-corrected chi connectivity index (χ2v) is 6.47. The molecule has 0 amide bonds. The number of rotatable bonds is 0. The van der Waals surface area contributed by atoms with E-state index in [1.165, 1.54) is 11.1 Å². The maximum atomic E-state index is 5.51. The number of hydrogen-bond acceptors (Lipinski definition) is 1. The van der Waals surface area contributed by atoms with Crippen LogP contribution in [0.2, 0.25) is 0 Å². The zero-order valence-corrected chi connectivity index (χ0v) is 11.1. The summed E-state index contributed by atoms with van der Waals surface area (Å²) in [6, 6.07) is 2.07. The SMILES string of the molecule is CC(C)(C)c1c2ccoc2cn1C(C)(C)C. The summed E-state index contributed by atoms with van der Waals surface area (Å²) >= 11 is 0. The topological polar surface area (TPSA) is 18.1 Å². The molecule has 2 heteroatoms. The van der Waals surface area contributed by atoms with Gasteiger partial charge in [-0.25, -0.2) is 0 Å². The molecule has 0 saturated carbocycles. The molecule has 0 atom stereocenters. The molecule has 2 heterocycles. The Balaban J connectivity index is 2.79. The standard InChI is InChI=1S/C14H21NO/c1-13(2,3)12-10-7-8-16-11(10)9-15(12)14(4,5)6/h7-9H,1-6H3. The zero-order valence-electron chi connectivity index (χ0n) is 11.1. The number of aromatic nitrogens is 1. The molecule has 0 aliphatic heterocycles. The highest BCUT2D eigenvalue weighted by Gasteiger charge is 2.28. The van der Waals surface area contributed by atoms with Gasteiger partial charge in [-0.2, -0.15) is 0 Å². The molecule has 0 aliphatic carbocycles. The molecule has 0 N–H and O–H groups in total. The van der Waals surface area contributed by atoms with Gasteiger partial charge in [0.25, 0.3) is 0 Å². The average Bonchev–Trinajstić information content (AvgIpc) is 2.53. The molecule has 0 radical (unpaired) electrons. The Morgan fingerprint density at radius 2 is 1.69 bits per heavy atom. The molecule has 0 unspecified atom stereocenters. The lowest BCUT2D eigenvalue weighted by atomic mass is 9.89. The third-order valence-electron chi connectivity index (χ3n) is 2.87. The maximum absolute atomic E-state index is 5.51. The van der Waals surface area contributed by atoms with Gasteiger partial charge in [-0.15, -0.1) is 0 Å². The van der Waals surface area contributed by atoms with E-state index in [4.69, 9.17) is 4.42 Å². The van der Waals surface area contributed by atoms with Gasteiger partial charge in [0.1, 0.15) is 0 Å². The lowest BCUT2D eigenvalue weighted by Crippen LogP contribution is -2.28. The van der Waals surface area contributed by atoms with Crippen LogP contribution in [0.3, 0.4) is 0 Å². The first-order valence-electron chi connectivity index (χ1n) is 5.81. The fraction of sp³-hybridized carbons (Fsp3) is 0.571. The van der Waals surface area contributed by atoms with E-state index in [0.717, 1.165) is 5.58 Å². The summed E-state index contributed by atoms with van der Waals surface area (Å²) in [6.07, 6.45) is 3.89. The molecule has 2 aromatic heterocycles. The molecular weight excluding hydrogens is 198 g/mol. The van der Waals surface area contributed by atoms with Crippen molar-refractivity contribution in [1.82, 2.24) is 4.57 Å². The summed E-state index contributed by atoms with van der Waals surface area (Å²) in [5.74, 6) is 0. The molecule has 0 saturated heterocycles. The predicted molar refractivity (Wildman–Crippen MR) is 67.9 cm³/mol. The first-order valence-corrected chi connectivity index (χ1v) is 5.81.